The van der Waals surface area contributed by atoms with Crippen LogP contribution in [0.2, 0.25) is 5.02 Å². The lowest BCUT2D eigenvalue weighted by molar-refractivity contribution is -0.141. The molecule has 1 heterocycles. The van der Waals surface area contributed by atoms with Gasteiger partial charge in [0, 0.05) is 16.8 Å². The van der Waals surface area contributed by atoms with Crippen molar-refractivity contribution < 1.29 is 27.4 Å². The van der Waals surface area contributed by atoms with E-state index in [9.17, 15) is 18.0 Å². The van der Waals surface area contributed by atoms with Gasteiger partial charge in [-0.05, 0) is 65.8 Å². The number of halogens is 4. The summed E-state index contributed by atoms with van der Waals surface area (Å²) in [5, 5.41) is 0.515. The molecule has 0 aliphatic heterocycles. The summed E-state index contributed by atoms with van der Waals surface area (Å²) in [7, 11) is 1.04. The van der Waals surface area contributed by atoms with Crippen molar-refractivity contribution in [2.24, 2.45) is 0 Å². The second-order valence-electron chi connectivity index (χ2n) is 7.83. The van der Waals surface area contributed by atoms with Crippen molar-refractivity contribution in [3.05, 3.63) is 93.8 Å². The molecule has 3 aromatic rings. The average Bonchev–Trinajstić information content (AvgIpc) is 3.32. The Kier molecular flexibility index (Phi) is 6.93. The van der Waals surface area contributed by atoms with Gasteiger partial charge in [-0.15, -0.1) is 0 Å². The Hall–Kier alpha value is -3.32. The second-order valence-corrected chi connectivity index (χ2v) is 8.27. The number of benzene rings is 2. The first-order valence-corrected chi connectivity index (χ1v) is 11.0. The molecule has 0 saturated heterocycles. The van der Waals surface area contributed by atoms with Gasteiger partial charge < -0.3 is 9.47 Å². The van der Waals surface area contributed by atoms with E-state index in [4.69, 9.17) is 16.3 Å². The van der Waals surface area contributed by atoms with Crippen molar-refractivity contribution in [1.29, 1.82) is 0 Å². The molecule has 0 bridgehead atoms. The topological polar surface area (TPSA) is 48.4 Å². The Balaban J connectivity index is 1.77. The van der Waals surface area contributed by atoms with E-state index in [0.717, 1.165) is 42.0 Å². The van der Waals surface area contributed by atoms with Crippen LogP contribution in [0.5, 0.6) is 5.75 Å². The molecule has 4 nitrogen and oxygen atoms in total. The number of hydrogen-bond donors (Lipinski definition) is 0. The predicted octanol–water partition coefficient (Wildman–Crippen LogP) is 7.21. The maximum absolute atomic E-state index is 13.4. The number of alkyl halides is 3. The molecule has 0 N–H and O–H groups in total. The highest BCUT2D eigenvalue weighted by Gasteiger charge is 2.38. The van der Waals surface area contributed by atoms with Crippen molar-refractivity contribution in [1.82, 2.24) is 4.98 Å². The molecule has 0 spiro atoms. The van der Waals surface area contributed by atoms with Gasteiger partial charge in [0.15, 0.2) is 5.69 Å². The first-order chi connectivity index (χ1) is 16.3. The maximum Gasteiger partial charge on any atom is 0.434 e. The summed E-state index contributed by atoms with van der Waals surface area (Å²) < 4.78 is 50.9. The smallest absolute Gasteiger partial charge is 0.434 e. The van der Waals surface area contributed by atoms with Crippen LogP contribution in [0.1, 0.15) is 52.0 Å². The minimum Gasteiger partial charge on any atom is -0.488 e. The van der Waals surface area contributed by atoms with Crippen LogP contribution in [0.3, 0.4) is 0 Å². The normalized spacial score (nSPS) is 13.8. The highest BCUT2D eigenvalue weighted by Crippen LogP contribution is 2.44. The molecule has 0 saturated carbocycles. The van der Waals surface area contributed by atoms with Gasteiger partial charge >= 0.3 is 12.1 Å². The van der Waals surface area contributed by atoms with Crippen molar-refractivity contribution in [2.75, 3.05) is 7.11 Å². The molecule has 1 aliphatic carbocycles. The van der Waals surface area contributed by atoms with Crippen molar-refractivity contribution >= 4 is 28.7 Å². The number of hydrogen-bond acceptors (Lipinski definition) is 4. The Morgan fingerprint density at radius 2 is 1.79 bits per heavy atom. The second kappa shape index (κ2) is 9.89. The minimum absolute atomic E-state index is 0.354. The molecule has 0 amide bonds. The Labute approximate surface area is 200 Å². The standard InChI is InChI=1S/C26H21ClF3NO3/c1-33-25(32)22-12-17(14-31-24(22)26(28,29)30)19-8-5-9-20(19)21-13-18(27)10-11-23(21)34-15-16-6-3-2-4-7-16/h2-4,6-7,10-14H,5,8-9,15H2,1H3. The monoisotopic (exact) mass is 487 g/mol. The molecule has 34 heavy (non-hydrogen) atoms. The van der Waals surface area contributed by atoms with E-state index in [1.807, 2.05) is 30.3 Å². The van der Waals surface area contributed by atoms with Gasteiger partial charge in [-0.2, -0.15) is 13.2 Å². The number of allylic oxidation sites excluding steroid dienone is 2. The van der Waals surface area contributed by atoms with E-state index in [2.05, 4.69) is 9.72 Å². The van der Waals surface area contributed by atoms with Gasteiger partial charge in [0.25, 0.3) is 0 Å². The molecule has 4 rings (SSSR count). The van der Waals surface area contributed by atoms with E-state index in [-0.39, 0.29) is 0 Å². The van der Waals surface area contributed by atoms with Crippen LogP contribution in [0.4, 0.5) is 13.2 Å². The first-order valence-electron chi connectivity index (χ1n) is 10.6. The molecule has 8 heteroatoms. The number of nitrogens with zero attached hydrogens (tertiary/aromatic N) is 1. The summed E-state index contributed by atoms with van der Waals surface area (Å²) in [5.74, 6) is -0.466. The van der Waals surface area contributed by atoms with E-state index in [1.165, 1.54) is 6.07 Å². The maximum atomic E-state index is 13.4. The van der Waals surface area contributed by atoms with Crippen molar-refractivity contribution in [2.45, 2.75) is 32.0 Å². The van der Waals surface area contributed by atoms with E-state index in [1.54, 1.807) is 18.2 Å². The Morgan fingerprint density at radius 1 is 1.06 bits per heavy atom. The van der Waals surface area contributed by atoms with Crippen LogP contribution in [-0.2, 0) is 17.5 Å². The summed E-state index contributed by atoms with van der Waals surface area (Å²) in [5.41, 5.74) is 2.04. The molecular formula is C26H21ClF3NO3. The zero-order valence-electron chi connectivity index (χ0n) is 18.3. The lowest BCUT2D eigenvalue weighted by atomic mass is 9.96. The SMILES string of the molecule is COC(=O)c1cc(C2=C(c3cc(Cl)ccc3OCc3ccccc3)CCC2)cnc1C(F)(F)F. The molecule has 176 valence electrons. The Bertz CT molecular complexity index is 1240. The molecule has 0 unspecified atom stereocenters. The highest BCUT2D eigenvalue weighted by molar-refractivity contribution is 6.30. The third kappa shape index (κ3) is 5.09. The van der Waals surface area contributed by atoms with E-state index >= 15 is 0 Å². The predicted molar refractivity (Wildman–Crippen MR) is 123 cm³/mol. The zero-order chi connectivity index (χ0) is 24.3. The number of pyridine rings is 1. The Morgan fingerprint density at radius 3 is 2.50 bits per heavy atom. The quantitative estimate of drug-likeness (QED) is 0.344. The van der Waals surface area contributed by atoms with Gasteiger partial charge in [-0.25, -0.2) is 4.79 Å². The number of aromatic nitrogens is 1. The third-order valence-electron chi connectivity index (χ3n) is 5.63. The number of methoxy groups -OCH3 is 1. The molecule has 2 aromatic carbocycles. The van der Waals surface area contributed by atoms with Crippen LogP contribution >= 0.6 is 11.6 Å². The average molecular weight is 488 g/mol. The number of ether oxygens (including phenoxy) is 2. The lowest BCUT2D eigenvalue weighted by Crippen LogP contribution is -2.17. The van der Waals surface area contributed by atoms with Gasteiger partial charge in [-0.3, -0.25) is 4.98 Å². The first kappa shape index (κ1) is 23.8. The fourth-order valence-corrected chi connectivity index (χ4v) is 4.25. The molecule has 1 aliphatic rings. The van der Waals surface area contributed by atoms with Gasteiger partial charge in [0.05, 0.1) is 12.7 Å². The summed E-state index contributed by atoms with van der Waals surface area (Å²) in [6, 6.07) is 16.2. The van der Waals surface area contributed by atoms with Crippen molar-refractivity contribution in [3.63, 3.8) is 0 Å². The van der Waals surface area contributed by atoms with Crippen LogP contribution in [0, 0.1) is 0 Å². The number of carbonyl (C=O) groups is 1. The third-order valence-corrected chi connectivity index (χ3v) is 5.87. The molecule has 0 fully saturated rings. The van der Waals surface area contributed by atoms with Crippen LogP contribution in [0.15, 0.2) is 60.8 Å². The highest BCUT2D eigenvalue weighted by atomic mass is 35.5. The van der Waals surface area contributed by atoms with E-state index < -0.39 is 23.4 Å². The molecule has 1 aromatic heterocycles. The summed E-state index contributed by atoms with van der Waals surface area (Å²) in [6.07, 6.45) is -1.52. The molecule has 0 radical (unpaired) electrons. The molecular weight excluding hydrogens is 467 g/mol. The van der Waals surface area contributed by atoms with E-state index in [0.29, 0.717) is 35.8 Å². The summed E-state index contributed by atoms with van der Waals surface area (Å²) in [4.78, 5) is 15.7. The number of carbonyl (C=O) groups excluding carboxylic acids is 1. The minimum atomic E-state index is -4.78. The zero-order valence-corrected chi connectivity index (χ0v) is 19.0. The molecule has 0 atom stereocenters. The largest absolute Gasteiger partial charge is 0.488 e. The van der Waals surface area contributed by atoms with Crippen LogP contribution in [0.25, 0.3) is 11.1 Å². The van der Waals surface area contributed by atoms with Gasteiger partial charge in [-0.1, -0.05) is 41.9 Å². The number of esters is 1. The van der Waals surface area contributed by atoms with Crippen LogP contribution < -0.4 is 4.74 Å². The summed E-state index contributed by atoms with van der Waals surface area (Å²) >= 11 is 6.29. The van der Waals surface area contributed by atoms with Crippen LogP contribution in [-0.4, -0.2) is 18.1 Å². The fraction of sp³-hybridized carbons (Fsp3) is 0.231. The number of rotatable bonds is 6. The lowest BCUT2D eigenvalue weighted by Gasteiger charge is -2.16. The fourth-order valence-electron chi connectivity index (χ4n) is 4.08. The van der Waals surface area contributed by atoms with Crippen molar-refractivity contribution in [3.8, 4) is 5.75 Å². The van der Waals surface area contributed by atoms with Gasteiger partial charge in [0.2, 0.25) is 0 Å². The van der Waals surface area contributed by atoms with Gasteiger partial charge in [0.1, 0.15) is 12.4 Å². The summed E-state index contributed by atoms with van der Waals surface area (Å²) in [6.45, 7) is 0.354.